The first kappa shape index (κ1) is 14.2. The van der Waals surface area contributed by atoms with Crippen molar-refractivity contribution in [3.05, 3.63) is 40.1 Å². The molecule has 0 bridgehead atoms. The third-order valence-corrected chi connectivity index (χ3v) is 4.53. The number of thiophene rings is 1. The molecule has 2 aromatic rings. The van der Waals surface area contributed by atoms with Crippen LogP contribution in [-0.2, 0) is 0 Å². The van der Waals surface area contributed by atoms with Gasteiger partial charge in [-0.2, -0.15) is 0 Å². The summed E-state index contributed by atoms with van der Waals surface area (Å²) in [6.45, 7) is 7.66. The highest BCUT2D eigenvalue weighted by molar-refractivity contribution is 8.01. The van der Waals surface area contributed by atoms with Crippen LogP contribution in [0.25, 0.3) is 0 Å². The second-order valence-electron chi connectivity index (χ2n) is 5.33. The maximum absolute atomic E-state index is 11.8. The Balaban J connectivity index is 2.11. The Morgan fingerprint density at radius 3 is 2.68 bits per heavy atom. The second kappa shape index (κ2) is 5.43. The molecule has 0 fully saturated rings. The summed E-state index contributed by atoms with van der Waals surface area (Å²) in [6.07, 6.45) is 1.49. The Morgan fingerprint density at radius 2 is 2.11 bits per heavy atom. The Morgan fingerprint density at radius 1 is 1.37 bits per heavy atom. The van der Waals surface area contributed by atoms with E-state index >= 15 is 0 Å². The summed E-state index contributed by atoms with van der Waals surface area (Å²) in [5, 5.41) is 14.7. The number of nitrogens with zero attached hydrogens (tertiary/aromatic N) is 1. The number of aryl methyl sites for hydroxylation is 1. The van der Waals surface area contributed by atoms with Crippen molar-refractivity contribution < 1.29 is 9.16 Å². The zero-order valence-corrected chi connectivity index (χ0v) is 13.1. The molecule has 2 aromatic heterocycles. The van der Waals surface area contributed by atoms with Gasteiger partial charge in [0.1, 0.15) is 0 Å². The minimum Gasteiger partial charge on any atom is -0.623 e. The highest BCUT2D eigenvalue weighted by atomic mass is 32.2. The van der Waals surface area contributed by atoms with Crippen LogP contribution in [-0.4, -0.2) is 16.5 Å². The Labute approximate surface area is 121 Å². The lowest BCUT2D eigenvalue weighted by molar-refractivity contribution is -0.530. The standard InChI is InChI=1S/C14H17NO2S2/c1-10-7-13(18-9-10)19-12-6-5-11(17-12)8-15(16)14(2,3)4/h5-9H,1-4H3. The van der Waals surface area contributed by atoms with Crippen LogP contribution >= 0.6 is 23.1 Å². The fourth-order valence-corrected chi connectivity index (χ4v) is 3.25. The van der Waals surface area contributed by atoms with Gasteiger partial charge >= 0.3 is 0 Å². The highest BCUT2D eigenvalue weighted by Crippen LogP contribution is 2.33. The van der Waals surface area contributed by atoms with E-state index < -0.39 is 5.54 Å². The van der Waals surface area contributed by atoms with Gasteiger partial charge in [-0.25, -0.2) is 4.74 Å². The van der Waals surface area contributed by atoms with Gasteiger partial charge in [-0.15, -0.1) is 11.3 Å². The molecule has 0 aliphatic carbocycles. The fourth-order valence-electron chi connectivity index (χ4n) is 1.33. The lowest BCUT2D eigenvalue weighted by Crippen LogP contribution is -2.29. The van der Waals surface area contributed by atoms with Crippen LogP contribution in [0.15, 0.2) is 37.3 Å². The molecule has 0 unspecified atom stereocenters. The average molecular weight is 295 g/mol. The molecule has 0 atom stereocenters. The van der Waals surface area contributed by atoms with E-state index in [1.807, 2.05) is 32.9 Å². The molecular formula is C14H17NO2S2. The van der Waals surface area contributed by atoms with Gasteiger partial charge in [0.25, 0.3) is 0 Å². The van der Waals surface area contributed by atoms with Crippen molar-refractivity contribution in [3.8, 4) is 0 Å². The molecule has 0 aromatic carbocycles. The van der Waals surface area contributed by atoms with Gasteiger partial charge < -0.3 is 9.62 Å². The maximum Gasteiger partial charge on any atom is 0.218 e. The van der Waals surface area contributed by atoms with Crippen molar-refractivity contribution in [3.63, 3.8) is 0 Å². The van der Waals surface area contributed by atoms with Crippen LogP contribution in [0.2, 0.25) is 0 Å². The molecule has 102 valence electrons. The Bertz CT molecular complexity index is 591. The first-order valence-corrected chi connectivity index (χ1v) is 7.68. The second-order valence-corrected chi connectivity index (χ2v) is 7.54. The van der Waals surface area contributed by atoms with E-state index in [2.05, 4.69) is 18.4 Å². The van der Waals surface area contributed by atoms with E-state index in [-0.39, 0.29) is 0 Å². The summed E-state index contributed by atoms with van der Waals surface area (Å²) >= 11 is 3.27. The van der Waals surface area contributed by atoms with Crippen LogP contribution in [0, 0.1) is 12.1 Å². The molecule has 0 aliphatic heterocycles. The minimum absolute atomic E-state index is 0.453. The summed E-state index contributed by atoms with van der Waals surface area (Å²) in [6, 6.07) is 5.83. The first-order chi connectivity index (χ1) is 8.84. The molecule has 3 nitrogen and oxygen atoms in total. The summed E-state index contributed by atoms with van der Waals surface area (Å²) in [7, 11) is 0. The van der Waals surface area contributed by atoms with Crippen molar-refractivity contribution in [2.45, 2.75) is 42.5 Å². The largest absolute Gasteiger partial charge is 0.623 e. The van der Waals surface area contributed by atoms with E-state index in [0.29, 0.717) is 5.76 Å². The van der Waals surface area contributed by atoms with E-state index in [4.69, 9.17) is 4.42 Å². The molecule has 0 spiro atoms. The SMILES string of the molecule is Cc1csc(Sc2ccc(C=[N+]([O-])C(C)(C)C)o2)c1. The van der Waals surface area contributed by atoms with Crippen LogP contribution in [0.3, 0.4) is 0 Å². The summed E-state index contributed by atoms with van der Waals surface area (Å²) in [5.74, 6) is 0.584. The smallest absolute Gasteiger partial charge is 0.218 e. The van der Waals surface area contributed by atoms with Crippen molar-refractivity contribution >= 4 is 29.3 Å². The Kier molecular flexibility index (Phi) is 4.06. The average Bonchev–Trinajstić information content (AvgIpc) is 2.88. The number of hydrogen-bond donors (Lipinski definition) is 0. The maximum atomic E-state index is 11.8. The summed E-state index contributed by atoms with van der Waals surface area (Å²) < 4.78 is 7.74. The lowest BCUT2D eigenvalue weighted by Gasteiger charge is -2.17. The van der Waals surface area contributed by atoms with E-state index in [1.54, 1.807) is 23.1 Å². The van der Waals surface area contributed by atoms with Gasteiger partial charge in [0.15, 0.2) is 16.4 Å². The van der Waals surface area contributed by atoms with Crippen LogP contribution in [0.1, 0.15) is 32.1 Å². The third-order valence-electron chi connectivity index (χ3n) is 2.42. The van der Waals surface area contributed by atoms with Crippen LogP contribution in [0.4, 0.5) is 0 Å². The molecule has 19 heavy (non-hydrogen) atoms. The quantitative estimate of drug-likeness (QED) is 0.361. The molecule has 0 N–H and O–H groups in total. The first-order valence-electron chi connectivity index (χ1n) is 5.99. The molecule has 0 amide bonds. The van der Waals surface area contributed by atoms with Crippen LogP contribution in [0.5, 0.6) is 0 Å². The molecule has 0 radical (unpaired) electrons. The monoisotopic (exact) mass is 295 g/mol. The Hall–Kier alpha value is -1.20. The molecular weight excluding hydrogens is 278 g/mol. The van der Waals surface area contributed by atoms with Crippen molar-refractivity contribution in [2.75, 3.05) is 0 Å². The zero-order chi connectivity index (χ0) is 14.0. The number of hydrogen-bond acceptors (Lipinski definition) is 4. The summed E-state index contributed by atoms with van der Waals surface area (Å²) in [5.41, 5.74) is 0.801. The van der Waals surface area contributed by atoms with Gasteiger partial charge in [0.2, 0.25) is 6.21 Å². The minimum atomic E-state index is -0.453. The van der Waals surface area contributed by atoms with E-state index in [0.717, 1.165) is 9.83 Å². The molecule has 2 heterocycles. The topological polar surface area (TPSA) is 39.2 Å². The zero-order valence-electron chi connectivity index (χ0n) is 11.5. The molecule has 2 rings (SSSR count). The predicted molar refractivity (Wildman–Crippen MR) is 80.4 cm³/mol. The molecule has 5 heteroatoms. The predicted octanol–water partition coefficient (Wildman–Crippen LogP) is 4.53. The van der Waals surface area contributed by atoms with Gasteiger partial charge in [0.05, 0.1) is 4.21 Å². The number of hydroxylamine groups is 1. The third kappa shape index (κ3) is 3.88. The van der Waals surface area contributed by atoms with E-state index in [1.165, 1.54) is 16.0 Å². The van der Waals surface area contributed by atoms with Gasteiger partial charge in [-0.05, 0) is 47.8 Å². The summed E-state index contributed by atoms with van der Waals surface area (Å²) in [4.78, 5) is 0. The number of rotatable bonds is 3. The highest BCUT2D eigenvalue weighted by Gasteiger charge is 2.19. The van der Waals surface area contributed by atoms with E-state index in [9.17, 15) is 5.21 Å². The van der Waals surface area contributed by atoms with Crippen LogP contribution < -0.4 is 0 Å². The van der Waals surface area contributed by atoms with Gasteiger partial charge in [-0.3, -0.25) is 0 Å². The van der Waals surface area contributed by atoms with Crippen molar-refractivity contribution in [1.29, 1.82) is 0 Å². The van der Waals surface area contributed by atoms with Gasteiger partial charge in [-0.1, -0.05) is 0 Å². The van der Waals surface area contributed by atoms with Crippen molar-refractivity contribution in [1.82, 2.24) is 0 Å². The van der Waals surface area contributed by atoms with Gasteiger partial charge in [0, 0.05) is 20.8 Å². The van der Waals surface area contributed by atoms with Crippen molar-refractivity contribution in [2.24, 2.45) is 0 Å². The molecule has 0 saturated carbocycles. The normalized spacial score (nSPS) is 12.9. The molecule has 0 aliphatic rings. The lowest BCUT2D eigenvalue weighted by atomic mass is 10.1. The number of furan rings is 1. The fraction of sp³-hybridized carbons (Fsp3) is 0.357. The molecule has 0 saturated heterocycles.